The molecule has 0 saturated heterocycles. The molecule has 0 radical (unpaired) electrons. The number of pyridine rings is 1. The fourth-order valence-corrected chi connectivity index (χ4v) is 3.96. The molecule has 0 fully saturated rings. The molecule has 0 N–H and O–H groups in total. The molecular formula is C24H19N3O2. The summed E-state index contributed by atoms with van der Waals surface area (Å²) in [6, 6.07) is 17.9. The minimum Gasteiger partial charge on any atom is -0.497 e. The Morgan fingerprint density at radius 3 is 2.62 bits per heavy atom. The smallest absolute Gasteiger partial charge is 0.271 e. The molecule has 29 heavy (non-hydrogen) atoms. The molecule has 0 atom stereocenters. The second-order valence-corrected chi connectivity index (χ2v) is 7.14. The van der Waals surface area contributed by atoms with Gasteiger partial charge in [0, 0.05) is 29.6 Å². The maximum absolute atomic E-state index is 12.8. The van der Waals surface area contributed by atoms with Crippen LogP contribution in [0, 0.1) is 6.92 Å². The van der Waals surface area contributed by atoms with Crippen LogP contribution >= 0.6 is 0 Å². The second kappa shape index (κ2) is 6.71. The Hall–Kier alpha value is -3.73. The first-order chi connectivity index (χ1) is 14.1. The zero-order valence-corrected chi connectivity index (χ0v) is 16.2. The lowest BCUT2D eigenvalue weighted by Gasteiger charge is -2.16. The van der Waals surface area contributed by atoms with Crippen LogP contribution < -0.4 is 4.74 Å². The fraction of sp³-hybridized carbons (Fsp3) is 0.125. The SMILES string of the molecule is COc1ccc(-c2c(C)nn3c2CC(c2ccc4ncccc4c2)=CC3=O)cc1. The van der Waals surface area contributed by atoms with Gasteiger partial charge in [-0.3, -0.25) is 9.78 Å². The highest BCUT2D eigenvalue weighted by molar-refractivity contribution is 6.01. The second-order valence-electron chi connectivity index (χ2n) is 7.14. The van der Waals surface area contributed by atoms with Crippen molar-refractivity contribution < 1.29 is 9.53 Å². The van der Waals surface area contributed by atoms with Crippen LogP contribution in [-0.4, -0.2) is 27.8 Å². The van der Waals surface area contributed by atoms with E-state index in [-0.39, 0.29) is 5.91 Å². The summed E-state index contributed by atoms with van der Waals surface area (Å²) in [7, 11) is 1.65. The van der Waals surface area contributed by atoms with Crippen molar-refractivity contribution in [1.29, 1.82) is 0 Å². The third-order valence-corrected chi connectivity index (χ3v) is 5.37. The van der Waals surface area contributed by atoms with Crippen LogP contribution in [-0.2, 0) is 6.42 Å². The van der Waals surface area contributed by atoms with Gasteiger partial charge < -0.3 is 4.74 Å². The van der Waals surface area contributed by atoms with Gasteiger partial charge in [0.25, 0.3) is 5.91 Å². The Morgan fingerprint density at radius 1 is 1.03 bits per heavy atom. The van der Waals surface area contributed by atoms with E-state index >= 15 is 0 Å². The van der Waals surface area contributed by atoms with Gasteiger partial charge >= 0.3 is 0 Å². The quantitative estimate of drug-likeness (QED) is 0.516. The van der Waals surface area contributed by atoms with Crippen LogP contribution in [0.1, 0.15) is 21.7 Å². The first-order valence-corrected chi connectivity index (χ1v) is 9.47. The third-order valence-electron chi connectivity index (χ3n) is 5.37. The van der Waals surface area contributed by atoms with Gasteiger partial charge in [0.2, 0.25) is 0 Å². The Kier molecular flexibility index (Phi) is 4.02. The molecule has 1 aliphatic heterocycles. The average Bonchev–Trinajstić information content (AvgIpc) is 3.10. The number of rotatable bonds is 3. The van der Waals surface area contributed by atoms with Gasteiger partial charge in [-0.05, 0) is 54.0 Å². The molecule has 3 heterocycles. The van der Waals surface area contributed by atoms with Gasteiger partial charge in [-0.15, -0.1) is 0 Å². The Labute approximate surface area is 168 Å². The van der Waals surface area contributed by atoms with Crippen LogP contribution in [0.25, 0.3) is 27.6 Å². The Morgan fingerprint density at radius 2 is 1.83 bits per heavy atom. The summed E-state index contributed by atoms with van der Waals surface area (Å²) in [5.41, 5.74) is 6.76. The monoisotopic (exact) mass is 381 g/mol. The summed E-state index contributed by atoms with van der Waals surface area (Å²) in [5, 5.41) is 5.57. The van der Waals surface area contributed by atoms with E-state index in [1.807, 2.05) is 55.5 Å². The lowest BCUT2D eigenvalue weighted by atomic mass is 9.93. The van der Waals surface area contributed by atoms with E-state index in [9.17, 15) is 4.79 Å². The standard InChI is InChI=1S/C24H19N3O2/c1-15-24(16-5-8-20(29-2)9-6-16)22-13-19(14-23(28)27(22)26-15)17-7-10-21-18(12-17)4-3-11-25-21/h3-12,14H,13H2,1-2H3. The van der Waals surface area contributed by atoms with E-state index in [4.69, 9.17) is 4.74 Å². The number of nitrogens with zero attached hydrogens (tertiary/aromatic N) is 3. The lowest BCUT2D eigenvalue weighted by molar-refractivity contribution is 0.0948. The highest BCUT2D eigenvalue weighted by Gasteiger charge is 2.25. The first-order valence-electron chi connectivity index (χ1n) is 9.47. The molecule has 0 unspecified atom stereocenters. The lowest BCUT2D eigenvalue weighted by Crippen LogP contribution is -2.19. The Bertz CT molecular complexity index is 1280. The molecule has 0 aliphatic carbocycles. The molecule has 2 aromatic heterocycles. The number of hydrogen-bond acceptors (Lipinski definition) is 4. The van der Waals surface area contributed by atoms with Crippen molar-refractivity contribution >= 4 is 22.4 Å². The number of fused-ring (bicyclic) bond motifs is 2. The fourth-order valence-electron chi connectivity index (χ4n) is 3.96. The molecule has 5 heteroatoms. The summed E-state index contributed by atoms with van der Waals surface area (Å²) in [6.45, 7) is 1.94. The van der Waals surface area contributed by atoms with Crippen molar-refractivity contribution in [3.8, 4) is 16.9 Å². The van der Waals surface area contributed by atoms with Gasteiger partial charge in [-0.2, -0.15) is 5.10 Å². The van der Waals surface area contributed by atoms with Crippen LogP contribution in [0.3, 0.4) is 0 Å². The third kappa shape index (κ3) is 2.91. The topological polar surface area (TPSA) is 57.0 Å². The summed E-state index contributed by atoms with van der Waals surface area (Å²) in [6.07, 6.45) is 4.11. The molecule has 0 spiro atoms. The van der Waals surface area contributed by atoms with E-state index in [0.29, 0.717) is 6.42 Å². The number of aryl methyl sites for hydroxylation is 1. The van der Waals surface area contributed by atoms with Gasteiger partial charge in [-0.25, -0.2) is 4.68 Å². The predicted octanol–water partition coefficient (Wildman–Crippen LogP) is 4.70. The van der Waals surface area contributed by atoms with Crippen LogP contribution in [0.5, 0.6) is 5.75 Å². The number of hydrogen-bond donors (Lipinski definition) is 0. The van der Waals surface area contributed by atoms with E-state index in [2.05, 4.69) is 16.1 Å². The summed E-state index contributed by atoms with van der Waals surface area (Å²) < 4.78 is 6.80. The highest BCUT2D eigenvalue weighted by atomic mass is 16.5. The molecule has 5 nitrogen and oxygen atoms in total. The molecule has 1 aliphatic rings. The summed E-state index contributed by atoms with van der Waals surface area (Å²) in [5.74, 6) is 0.685. The minimum absolute atomic E-state index is 0.115. The van der Waals surface area contributed by atoms with Gasteiger partial charge in [0.05, 0.1) is 24.0 Å². The molecular weight excluding hydrogens is 362 g/mol. The summed E-state index contributed by atoms with van der Waals surface area (Å²) in [4.78, 5) is 17.2. The Balaban J connectivity index is 1.59. The maximum Gasteiger partial charge on any atom is 0.271 e. The average molecular weight is 381 g/mol. The van der Waals surface area contributed by atoms with Gasteiger partial charge in [0.15, 0.2) is 0 Å². The van der Waals surface area contributed by atoms with Crippen LogP contribution in [0.2, 0.25) is 0 Å². The number of allylic oxidation sites excluding steroid dienone is 2. The van der Waals surface area contributed by atoms with E-state index in [1.54, 1.807) is 19.4 Å². The number of aromatic nitrogens is 3. The molecule has 0 saturated carbocycles. The molecule has 0 amide bonds. The van der Waals surface area contributed by atoms with E-state index in [1.165, 1.54) is 4.68 Å². The first kappa shape index (κ1) is 17.4. The van der Waals surface area contributed by atoms with Crippen LogP contribution in [0.4, 0.5) is 0 Å². The number of ether oxygens (including phenoxy) is 1. The van der Waals surface area contributed by atoms with Crippen molar-refractivity contribution in [2.24, 2.45) is 0 Å². The van der Waals surface area contributed by atoms with Gasteiger partial charge in [0.1, 0.15) is 5.75 Å². The van der Waals surface area contributed by atoms with Crippen molar-refractivity contribution in [3.05, 3.63) is 83.8 Å². The zero-order valence-electron chi connectivity index (χ0n) is 16.2. The number of benzene rings is 2. The highest BCUT2D eigenvalue weighted by Crippen LogP contribution is 2.35. The number of methoxy groups -OCH3 is 1. The molecule has 142 valence electrons. The molecule has 4 aromatic rings. The van der Waals surface area contributed by atoms with Crippen molar-refractivity contribution in [3.63, 3.8) is 0 Å². The van der Waals surface area contributed by atoms with Crippen molar-refractivity contribution in [1.82, 2.24) is 14.8 Å². The largest absolute Gasteiger partial charge is 0.497 e. The van der Waals surface area contributed by atoms with E-state index in [0.717, 1.165) is 50.3 Å². The normalized spacial score (nSPS) is 13.3. The van der Waals surface area contributed by atoms with Crippen LogP contribution in [0.15, 0.2) is 66.9 Å². The number of carbonyl (C=O) groups excluding carboxylic acids is 1. The minimum atomic E-state index is -0.115. The van der Waals surface area contributed by atoms with Crippen molar-refractivity contribution in [2.45, 2.75) is 13.3 Å². The zero-order chi connectivity index (χ0) is 20.0. The van der Waals surface area contributed by atoms with Crippen molar-refractivity contribution in [2.75, 3.05) is 7.11 Å². The summed E-state index contributed by atoms with van der Waals surface area (Å²) >= 11 is 0. The number of carbonyl (C=O) groups is 1. The maximum atomic E-state index is 12.8. The molecule has 0 bridgehead atoms. The van der Waals surface area contributed by atoms with Gasteiger partial charge in [-0.1, -0.05) is 24.3 Å². The molecule has 5 rings (SSSR count). The predicted molar refractivity (Wildman–Crippen MR) is 113 cm³/mol. The van der Waals surface area contributed by atoms with E-state index < -0.39 is 0 Å². The molecule has 2 aromatic carbocycles.